The van der Waals surface area contributed by atoms with Crippen LogP contribution in [0.3, 0.4) is 0 Å². The molecule has 2 aliphatic rings. The van der Waals surface area contributed by atoms with Crippen LogP contribution in [0.4, 0.5) is 18.9 Å². The van der Waals surface area contributed by atoms with Gasteiger partial charge in [0, 0.05) is 33.2 Å². The number of aromatic nitrogens is 1. The number of allylic oxidation sites excluding steroid dienone is 8. The summed E-state index contributed by atoms with van der Waals surface area (Å²) in [5, 5.41) is 4.98. The summed E-state index contributed by atoms with van der Waals surface area (Å²) in [6.45, 7) is 4.34. The Morgan fingerprint density at radius 1 is 0.816 bits per heavy atom. The Balaban J connectivity index is 1.47. The lowest BCUT2D eigenvalue weighted by molar-refractivity contribution is -0.137. The Hall–Kier alpha value is -3.99. The summed E-state index contributed by atoms with van der Waals surface area (Å²) in [5.74, 6) is 0.483. The molecular weight excluding hydrogens is 481 g/mol. The van der Waals surface area contributed by atoms with E-state index in [1.807, 2.05) is 42.5 Å². The molecule has 4 aromatic rings. The van der Waals surface area contributed by atoms with Gasteiger partial charge in [-0.2, -0.15) is 13.2 Å². The van der Waals surface area contributed by atoms with Gasteiger partial charge in [0.1, 0.15) is 0 Å². The maximum atomic E-state index is 13.7. The molecule has 1 aromatic heterocycles. The Kier molecular flexibility index (Phi) is 6.02. The van der Waals surface area contributed by atoms with Crippen LogP contribution in [0.1, 0.15) is 37.4 Å². The van der Waals surface area contributed by atoms with Crippen LogP contribution in [-0.4, -0.2) is 4.57 Å². The van der Waals surface area contributed by atoms with Crippen molar-refractivity contribution in [3.8, 4) is 0 Å². The standard InChI is InChI=1S/C33H29F3N2/c1-21-8-6-7-11-30(21)38-31-16-12-23(19-28(31)29-20-24(33(34,35)36)13-17-32(29)38)27-15-14-26(18-22(27)2)37-25-9-4-3-5-10-25/h3-17,19-22,30,37H,18H2,1-2H3. The van der Waals surface area contributed by atoms with Gasteiger partial charge in [-0.05, 0) is 77.9 Å². The third-order valence-corrected chi connectivity index (χ3v) is 7.73. The van der Waals surface area contributed by atoms with E-state index in [0.717, 1.165) is 39.8 Å². The maximum absolute atomic E-state index is 13.7. The van der Waals surface area contributed by atoms with E-state index in [1.165, 1.54) is 17.7 Å². The highest BCUT2D eigenvalue weighted by molar-refractivity contribution is 6.09. The third-order valence-electron chi connectivity index (χ3n) is 7.73. The van der Waals surface area contributed by atoms with Crippen LogP contribution in [0.15, 0.2) is 109 Å². The van der Waals surface area contributed by atoms with Crippen molar-refractivity contribution in [2.75, 3.05) is 5.32 Å². The van der Waals surface area contributed by atoms with Gasteiger partial charge in [-0.15, -0.1) is 0 Å². The Morgan fingerprint density at radius 2 is 1.53 bits per heavy atom. The summed E-state index contributed by atoms with van der Waals surface area (Å²) in [4.78, 5) is 0. The van der Waals surface area contributed by atoms with Crippen molar-refractivity contribution >= 4 is 33.1 Å². The summed E-state index contributed by atoms with van der Waals surface area (Å²) >= 11 is 0. The predicted molar refractivity (Wildman–Crippen MR) is 151 cm³/mol. The number of rotatable bonds is 4. The fourth-order valence-electron chi connectivity index (χ4n) is 5.80. The number of alkyl halides is 3. The van der Waals surface area contributed by atoms with Gasteiger partial charge in [-0.1, -0.05) is 68.5 Å². The second-order valence-corrected chi connectivity index (χ2v) is 10.4. The van der Waals surface area contributed by atoms with Crippen molar-refractivity contribution in [2.45, 2.75) is 32.5 Å². The predicted octanol–water partition coefficient (Wildman–Crippen LogP) is 9.54. The van der Waals surface area contributed by atoms with Gasteiger partial charge in [0.15, 0.2) is 0 Å². The number of anilines is 1. The molecule has 1 N–H and O–H groups in total. The molecule has 3 atom stereocenters. The van der Waals surface area contributed by atoms with Crippen molar-refractivity contribution in [3.63, 3.8) is 0 Å². The maximum Gasteiger partial charge on any atom is 0.416 e. The zero-order chi connectivity index (χ0) is 26.4. The Bertz CT molecular complexity index is 1630. The zero-order valence-electron chi connectivity index (χ0n) is 21.3. The van der Waals surface area contributed by atoms with Gasteiger partial charge >= 0.3 is 6.18 Å². The molecule has 6 rings (SSSR count). The quantitative estimate of drug-likeness (QED) is 0.289. The normalized spacial score (nSPS) is 21.6. The van der Waals surface area contributed by atoms with Crippen molar-refractivity contribution in [1.82, 2.24) is 4.57 Å². The molecule has 0 fully saturated rings. The second-order valence-electron chi connectivity index (χ2n) is 10.4. The first-order chi connectivity index (χ1) is 18.3. The monoisotopic (exact) mass is 510 g/mol. The number of hydrogen-bond donors (Lipinski definition) is 1. The Labute approximate surface area is 220 Å². The molecule has 0 bridgehead atoms. The minimum Gasteiger partial charge on any atom is -0.359 e. The Morgan fingerprint density at radius 3 is 2.24 bits per heavy atom. The SMILES string of the molecule is CC1CC(Nc2ccccc2)=CC=C1c1ccc2c(c1)c1cc(C(F)(F)F)ccc1n2C1C=CC=CC1C. The number of hydrogen-bond acceptors (Lipinski definition) is 1. The number of benzene rings is 3. The number of nitrogens with zero attached hydrogens (tertiary/aromatic N) is 1. The molecule has 0 aliphatic heterocycles. The summed E-state index contributed by atoms with van der Waals surface area (Å²) < 4.78 is 43.3. The molecule has 0 saturated carbocycles. The number of nitrogens with one attached hydrogen (secondary N) is 1. The largest absolute Gasteiger partial charge is 0.416 e. The molecule has 0 radical (unpaired) electrons. The molecule has 3 aromatic carbocycles. The van der Waals surface area contributed by atoms with Gasteiger partial charge in [-0.25, -0.2) is 0 Å². The topological polar surface area (TPSA) is 17.0 Å². The lowest BCUT2D eigenvalue weighted by Crippen LogP contribution is -2.15. The van der Waals surface area contributed by atoms with Crippen LogP contribution in [0.5, 0.6) is 0 Å². The van der Waals surface area contributed by atoms with E-state index in [4.69, 9.17) is 0 Å². The van der Waals surface area contributed by atoms with Crippen LogP contribution < -0.4 is 5.32 Å². The second kappa shape index (κ2) is 9.39. The van der Waals surface area contributed by atoms with Crippen LogP contribution >= 0.6 is 0 Å². The molecule has 192 valence electrons. The smallest absolute Gasteiger partial charge is 0.359 e. The number of para-hydroxylation sites is 1. The highest BCUT2D eigenvalue weighted by Gasteiger charge is 2.32. The summed E-state index contributed by atoms with van der Waals surface area (Å²) in [6, 6.07) is 20.5. The molecule has 2 nitrogen and oxygen atoms in total. The van der Waals surface area contributed by atoms with Gasteiger partial charge in [0.2, 0.25) is 0 Å². The van der Waals surface area contributed by atoms with Crippen molar-refractivity contribution < 1.29 is 13.2 Å². The van der Waals surface area contributed by atoms with E-state index in [-0.39, 0.29) is 17.9 Å². The van der Waals surface area contributed by atoms with Crippen LogP contribution in [0.2, 0.25) is 0 Å². The highest BCUT2D eigenvalue weighted by atomic mass is 19.4. The fourth-order valence-corrected chi connectivity index (χ4v) is 5.80. The molecule has 2 aliphatic carbocycles. The fraction of sp³-hybridized carbons (Fsp3) is 0.212. The van der Waals surface area contributed by atoms with Crippen molar-refractivity contribution in [2.24, 2.45) is 11.8 Å². The molecule has 0 amide bonds. The molecule has 0 saturated heterocycles. The van der Waals surface area contributed by atoms with Gasteiger partial charge < -0.3 is 9.88 Å². The molecule has 0 spiro atoms. The van der Waals surface area contributed by atoms with Gasteiger partial charge in [-0.3, -0.25) is 0 Å². The van der Waals surface area contributed by atoms with E-state index in [1.54, 1.807) is 6.07 Å². The van der Waals surface area contributed by atoms with E-state index >= 15 is 0 Å². The summed E-state index contributed by atoms with van der Waals surface area (Å²) in [5.41, 5.74) is 5.58. The van der Waals surface area contributed by atoms with Crippen LogP contribution in [-0.2, 0) is 6.18 Å². The molecule has 3 unspecified atom stereocenters. The first kappa shape index (κ1) is 24.4. The number of fused-ring (bicyclic) bond motifs is 3. The number of halogens is 3. The lowest BCUT2D eigenvalue weighted by atomic mass is 9.86. The van der Waals surface area contributed by atoms with Crippen molar-refractivity contribution in [3.05, 3.63) is 120 Å². The first-order valence-corrected chi connectivity index (χ1v) is 13.0. The van der Waals surface area contributed by atoms with Gasteiger partial charge in [0.25, 0.3) is 0 Å². The summed E-state index contributed by atoms with van der Waals surface area (Å²) in [6.07, 6.45) is 9.03. The van der Waals surface area contributed by atoms with Gasteiger partial charge in [0.05, 0.1) is 11.6 Å². The van der Waals surface area contributed by atoms with E-state index in [9.17, 15) is 13.2 Å². The van der Waals surface area contributed by atoms with Crippen LogP contribution in [0, 0.1) is 11.8 Å². The van der Waals surface area contributed by atoms with Crippen LogP contribution in [0.25, 0.3) is 27.4 Å². The average molecular weight is 511 g/mol. The minimum atomic E-state index is -4.39. The lowest BCUT2D eigenvalue weighted by Gasteiger charge is -2.25. The third kappa shape index (κ3) is 4.36. The zero-order valence-corrected chi connectivity index (χ0v) is 21.3. The first-order valence-electron chi connectivity index (χ1n) is 13.0. The summed E-state index contributed by atoms with van der Waals surface area (Å²) in [7, 11) is 0. The minimum absolute atomic E-state index is 0.0324. The average Bonchev–Trinajstić information content (AvgIpc) is 3.22. The van der Waals surface area contributed by atoms with E-state index in [2.05, 4.69) is 66.2 Å². The molecule has 1 heterocycles. The molecular formula is C33H29F3N2. The molecule has 38 heavy (non-hydrogen) atoms. The van der Waals surface area contributed by atoms with E-state index < -0.39 is 11.7 Å². The highest BCUT2D eigenvalue weighted by Crippen LogP contribution is 2.41. The molecule has 5 heteroatoms. The van der Waals surface area contributed by atoms with E-state index in [0.29, 0.717) is 5.39 Å². The van der Waals surface area contributed by atoms with Crippen molar-refractivity contribution in [1.29, 1.82) is 0 Å².